The first kappa shape index (κ1) is 17.4. The van der Waals surface area contributed by atoms with E-state index in [4.69, 9.17) is 4.74 Å². The van der Waals surface area contributed by atoms with Crippen molar-refractivity contribution in [1.82, 2.24) is 4.98 Å². The third kappa shape index (κ3) is 6.04. The van der Waals surface area contributed by atoms with E-state index in [1.165, 1.54) is 6.08 Å². The van der Waals surface area contributed by atoms with Crippen LogP contribution in [0, 0.1) is 0 Å². The zero-order valence-corrected chi connectivity index (χ0v) is 13.6. The van der Waals surface area contributed by atoms with Crippen LogP contribution >= 0.6 is 0 Å². The topological polar surface area (TPSA) is 68.3 Å². The lowest BCUT2D eigenvalue weighted by molar-refractivity contribution is -0.143. The zero-order chi connectivity index (χ0) is 17.2. The fourth-order valence-corrected chi connectivity index (χ4v) is 2.06. The molecule has 0 saturated carbocycles. The minimum Gasteiger partial charge on any atom is -0.466 e. The number of carbonyl (C=O) groups excluding carboxylic acids is 2. The van der Waals surface area contributed by atoms with Crippen molar-refractivity contribution < 1.29 is 14.3 Å². The molecule has 5 nitrogen and oxygen atoms in total. The van der Waals surface area contributed by atoms with E-state index in [2.05, 4.69) is 10.3 Å². The van der Waals surface area contributed by atoms with Crippen LogP contribution in [0.4, 0.5) is 5.69 Å². The van der Waals surface area contributed by atoms with Crippen molar-refractivity contribution in [2.45, 2.75) is 19.8 Å². The van der Waals surface area contributed by atoms with Crippen LogP contribution in [-0.2, 0) is 20.7 Å². The van der Waals surface area contributed by atoms with E-state index >= 15 is 0 Å². The highest BCUT2D eigenvalue weighted by Crippen LogP contribution is 2.12. The minimum atomic E-state index is -0.203. The quantitative estimate of drug-likeness (QED) is 0.627. The minimum absolute atomic E-state index is 0.198. The van der Waals surface area contributed by atoms with Crippen molar-refractivity contribution in [3.8, 4) is 0 Å². The first-order chi connectivity index (χ1) is 11.7. The van der Waals surface area contributed by atoms with Gasteiger partial charge in [0.05, 0.1) is 6.61 Å². The maximum Gasteiger partial charge on any atom is 0.306 e. The lowest BCUT2D eigenvalue weighted by Crippen LogP contribution is -2.08. The number of benzene rings is 1. The van der Waals surface area contributed by atoms with Crippen LogP contribution in [0.5, 0.6) is 0 Å². The molecule has 124 valence electrons. The number of pyridine rings is 1. The van der Waals surface area contributed by atoms with E-state index in [1.807, 2.05) is 36.4 Å². The van der Waals surface area contributed by atoms with Crippen LogP contribution < -0.4 is 5.32 Å². The standard InChI is InChI=1S/C19H20N2O3/c1-2-24-19(23)10-6-15-3-7-17(8-4-15)21-18(22)9-5-16-11-13-20-14-12-16/h3-5,7-9,11-14H,2,6,10H2,1H3,(H,21,22)/b9-5+. The molecule has 24 heavy (non-hydrogen) atoms. The molecule has 0 atom stereocenters. The summed E-state index contributed by atoms with van der Waals surface area (Å²) in [4.78, 5) is 27.1. The number of ether oxygens (including phenoxy) is 1. The molecule has 0 fully saturated rings. The van der Waals surface area contributed by atoms with Crippen LogP contribution in [0.3, 0.4) is 0 Å². The molecule has 1 heterocycles. The number of carbonyl (C=O) groups is 2. The Bertz CT molecular complexity index is 694. The fourth-order valence-electron chi connectivity index (χ4n) is 2.06. The fraction of sp³-hybridized carbons (Fsp3) is 0.211. The second kappa shape index (κ2) is 9.25. The van der Waals surface area contributed by atoms with Crippen molar-refractivity contribution in [2.24, 2.45) is 0 Å². The first-order valence-corrected chi connectivity index (χ1v) is 7.81. The molecular weight excluding hydrogens is 304 g/mol. The number of hydrogen-bond donors (Lipinski definition) is 1. The summed E-state index contributed by atoms with van der Waals surface area (Å²) in [6, 6.07) is 11.1. The van der Waals surface area contributed by atoms with Crippen LogP contribution in [0.2, 0.25) is 0 Å². The summed E-state index contributed by atoms with van der Waals surface area (Å²) >= 11 is 0. The normalized spacial score (nSPS) is 10.5. The lowest BCUT2D eigenvalue weighted by Gasteiger charge is -2.05. The number of esters is 1. The van der Waals surface area contributed by atoms with E-state index in [0.717, 1.165) is 11.1 Å². The Balaban J connectivity index is 1.83. The van der Waals surface area contributed by atoms with Gasteiger partial charge in [-0.3, -0.25) is 14.6 Å². The first-order valence-electron chi connectivity index (χ1n) is 7.81. The van der Waals surface area contributed by atoms with Gasteiger partial charge in [-0.05, 0) is 54.8 Å². The molecule has 1 aromatic carbocycles. The zero-order valence-electron chi connectivity index (χ0n) is 13.6. The number of amides is 1. The van der Waals surface area contributed by atoms with E-state index in [9.17, 15) is 9.59 Å². The third-order valence-electron chi connectivity index (χ3n) is 3.28. The number of nitrogens with zero attached hydrogens (tertiary/aromatic N) is 1. The predicted octanol–water partition coefficient (Wildman–Crippen LogP) is 3.23. The molecule has 0 spiro atoms. The molecule has 0 bridgehead atoms. The van der Waals surface area contributed by atoms with Gasteiger partial charge in [0.2, 0.25) is 5.91 Å². The van der Waals surface area contributed by atoms with Crippen molar-refractivity contribution in [2.75, 3.05) is 11.9 Å². The third-order valence-corrected chi connectivity index (χ3v) is 3.28. The van der Waals surface area contributed by atoms with Crippen LogP contribution in [0.25, 0.3) is 6.08 Å². The van der Waals surface area contributed by atoms with Crippen molar-refractivity contribution in [3.63, 3.8) is 0 Å². The molecule has 1 N–H and O–H groups in total. The van der Waals surface area contributed by atoms with Gasteiger partial charge in [0.15, 0.2) is 0 Å². The highest BCUT2D eigenvalue weighted by atomic mass is 16.5. The van der Waals surface area contributed by atoms with E-state index in [0.29, 0.717) is 25.1 Å². The summed E-state index contributed by atoms with van der Waals surface area (Å²) in [6.45, 7) is 2.19. The molecule has 0 aliphatic heterocycles. The molecular formula is C19H20N2O3. The summed E-state index contributed by atoms with van der Waals surface area (Å²) in [5.41, 5.74) is 2.64. The molecule has 0 aliphatic carbocycles. The maximum atomic E-state index is 11.9. The highest BCUT2D eigenvalue weighted by molar-refractivity contribution is 6.01. The van der Waals surface area contributed by atoms with Crippen molar-refractivity contribution in [1.29, 1.82) is 0 Å². The summed E-state index contributed by atoms with van der Waals surface area (Å²) < 4.78 is 4.90. The van der Waals surface area contributed by atoms with Gasteiger partial charge in [-0.1, -0.05) is 12.1 Å². The summed E-state index contributed by atoms with van der Waals surface area (Å²) in [6.07, 6.45) is 7.52. The number of nitrogens with one attached hydrogen (secondary N) is 1. The van der Waals surface area contributed by atoms with Gasteiger partial charge in [0.1, 0.15) is 0 Å². The number of rotatable bonds is 7. The van der Waals surface area contributed by atoms with Gasteiger partial charge in [-0.2, -0.15) is 0 Å². The summed E-state index contributed by atoms with van der Waals surface area (Å²) in [7, 11) is 0. The Hall–Kier alpha value is -2.95. The van der Waals surface area contributed by atoms with Gasteiger partial charge in [-0.15, -0.1) is 0 Å². The molecule has 0 saturated heterocycles. The number of anilines is 1. The summed E-state index contributed by atoms with van der Waals surface area (Å²) in [5, 5.41) is 2.79. The SMILES string of the molecule is CCOC(=O)CCc1ccc(NC(=O)/C=C/c2ccncc2)cc1. The van der Waals surface area contributed by atoms with Gasteiger partial charge in [-0.25, -0.2) is 0 Å². The molecule has 0 unspecified atom stereocenters. The Labute approximate surface area is 141 Å². The largest absolute Gasteiger partial charge is 0.466 e. The Morgan fingerprint density at radius 1 is 1.12 bits per heavy atom. The van der Waals surface area contributed by atoms with Crippen molar-refractivity contribution in [3.05, 3.63) is 66.0 Å². The maximum absolute atomic E-state index is 11.9. The van der Waals surface area contributed by atoms with E-state index in [-0.39, 0.29) is 11.9 Å². The average Bonchev–Trinajstić information content (AvgIpc) is 2.60. The molecule has 2 aromatic rings. The summed E-state index contributed by atoms with van der Waals surface area (Å²) in [5.74, 6) is -0.401. The molecule has 5 heteroatoms. The average molecular weight is 324 g/mol. The number of aryl methyl sites for hydroxylation is 1. The number of hydrogen-bond acceptors (Lipinski definition) is 4. The monoisotopic (exact) mass is 324 g/mol. The predicted molar refractivity (Wildman–Crippen MR) is 93.3 cm³/mol. The molecule has 1 amide bonds. The van der Waals surface area contributed by atoms with E-state index in [1.54, 1.807) is 25.4 Å². The van der Waals surface area contributed by atoms with Crippen LogP contribution in [0.15, 0.2) is 54.9 Å². The molecule has 2 rings (SSSR count). The Morgan fingerprint density at radius 3 is 2.50 bits per heavy atom. The molecule has 0 radical (unpaired) electrons. The van der Waals surface area contributed by atoms with Gasteiger partial charge < -0.3 is 10.1 Å². The smallest absolute Gasteiger partial charge is 0.306 e. The van der Waals surface area contributed by atoms with E-state index < -0.39 is 0 Å². The van der Waals surface area contributed by atoms with Gasteiger partial charge >= 0.3 is 5.97 Å². The Kier molecular flexibility index (Phi) is 6.71. The van der Waals surface area contributed by atoms with Gasteiger partial charge in [0.25, 0.3) is 0 Å². The molecule has 0 aliphatic rings. The second-order valence-corrected chi connectivity index (χ2v) is 5.11. The molecule has 1 aromatic heterocycles. The second-order valence-electron chi connectivity index (χ2n) is 5.11. The van der Waals surface area contributed by atoms with Crippen LogP contribution in [-0.4, -0.2) is 23.5 Å². The van der Waals surface area contributed by atoms with Crippen molar-refractivity contribution >= 4 is 23.6 Å². The highest BCUT2D eigenvalue weighted by Gasteiger charge is 2.03. The number of aromatic nitrogens is 1. The van der Waals surface area contributed by atoms with Gasteiger partial charge in [0, 0.05) is 30.6 Å². The van der Waals surface area contributed by atoms with Crippen LogP contribution in [0.1, 0.15) is 24.5 Å². The lowest BCUT2D eigenvalue weighted by atomic mass is 10.1. The Morgan fingerprint density at radius 2 is 1.83 bits per heavy atom.